The van der Waals surface area contributed by atoms with Crippen LogP contribution < -0.4 is 5.73 Å². The summed E-state index contributed by atoms with van der Waals surface area (Å²) in [5.74, 6) is 0.520. The quantitative estimate of drug-likeness (QED) is 0.704. The van der Waals surface area contributed by atoms with Crippen LogP contribution in [0.1, 0.15) is 5.56 Å². The number of nitrogens with zero attached hydrogens (tertiary/aromatic N) is 2. The fourth-order valence-corrected chi connectivity index (χ4v) is 2.06. The molecule has 3 nitrogen and oxygen atoms in total. The van der Waals surface area contributed by atoms with E-state index < -0.39 is 0 Å². The van der Waals surface area contributed by atoms with Crippen molar-refractivity contribution in [3.8, 4) is 11.1 Å². The number of pyridine rings is 2. The van der Waals surface area contributed by atoms with Crippen LogP contribution in [0.25, 0.3) is 22.2 Å². The van der Waals surface area contributed by atoms with E-state index in [4.69, 9.17) is 5.73 Å². The molecule has 0 radical (unpaired) electrons. The van der Waals surface area contributed by atoms with Crippen LogP contribution >= 0.6 is 0 Å². The summed E-state index contributed by atoms with van der Waals surface area (Å²) in [5, 5.41) is 1.00. The van der Waals surface area contributed by atoms with Crippen molar-refractivity contribution in [1.29, 1.82) is 0 Å². The maximum atomic E-state index is 6.02. The minimum Gasteiger partial charge on any atom is -0.383 e. The van der Waals surface area contributed by atoms with Crippen LogP contribution in [0.4, 0.5) is 5.82 Å². The van der Waals surface area contributed by atoms with E-state index in [0.29, 0.717) is 11.5 Å². The second kappa shape index (κ2) is 4.11. The number of hydrogen-bond donors (Lipinski definition) is 1. The number of nitrogen functional groups attached to an aromatic ring is 1. The zero-order valence-corrected chi connectivity index (χ0v) is 10.1. The molecular weight excluding hydrogens is 222 g/mol. The molecule has 3 heteroatoms. The molecule has 3 rings (SSSR count). The van der Waals surface area contributed by atoms with Gasteiger partial charge in [-0.1, -0.05) is 29.8 Å². The lowest BCUT2D eigenvalue weighted by atomic mass is 10.0. The molecule has 0 aliphatic rings. The summed E-state index contributed by atoms with van der Waals surface area (Å²) < 4.78 is 0. The Balaban J connectivity index is 2.26. The fraction of sp³-hybridized carbons (Fsp3) is 0.0667. The molecule has 1 aromatic carbocycles. The highest BCUT2D eigenvalue weighted by Crippen LogP contribution is 2.27. The van der Waals surface area contributed by atoms with Gasteiger partial charge in [-0.2, -0.15) is 0 Å². The minimum absolute atomic E-state index is 0.520. The third-order valence-electron chi connectivity index (χ3n) is 2.95. The number of nitrogens with two attached hydrogens (primary N) is 1. The molecule has 0 amide bonds. The Hall–Kier alpha value is -2.42. The zero-order chi connectivity index (χ0) is 12.5. The van der Waals surface area contributed by atoms with Gasteiger partial charge in [0.25, 0.3) is 0 Å². The lowest BCUT2D eigenvalue weighted by molar-refractivity contribution is 1.29. The van der Waals surface area contributed by atoms with Gasteiger partial charge in [0.1, 0.15) is 5.82 Å². The Bertz CT molecular complexity index is 720. The molecule has 0 fully saturated rings. The third-order valence-corrected chi connectivity index (χ3v) is 2.95. The molecule has 0 aliphatic heterocycles. The highest BCUT2D eigenvalue weighted by molar-refractivity contribution is 5.86. The molecule has 0 bridgehead atoms. The van der Waals surface area contributed by atoms with Gasteiger partial charge in [0.05, 0.1) is 0 Å². The van der Waals surface area contributed by atoms with Gasteiger partial charge in [-0.25, -0.2) is 9.97 Å². The number of rotatable bonds is 1. The van der Waals surface area contributed by atoms with Crippen molar-refractivity contribution in [1.82, 2.24) is 9.97 Å². The number of aryl methyl sites for hydroxylation is 1. The van der Waals surface area contributed by atoms with Gasteiger partial charge in [-0.05, 0) is 30.7 Å². The summed E-state index contributed by atoms with van der Waals surface area (Å²) in [5.41, 5.74) is 9.96. The van der Waals surface area contributed by atoms with E-state index in [1.807, 2.05) is 30.3 Å². The van der Waals surface area contributed by atoms with E-state index in [-0.39, 0.29) is 0 Å². The molecular formula is C15H13N3. The molecule has 2 N–H and O–H groups in total. The summed E-state index contributed by atoms with van der Waals surface area (Å²) in [6.45, 7) is 2.07. The van der Waals surface area contributed by atoms with Crippen LogP contribution in [0.5, 0.6) is 0 Å². The highest BCUT2D eigenvalue weighted by atomic mass is 14.9. The number of fused-ring (bicyclic) bond motifs is 1. The predicted octanol–water partition coefficient (Wildman–Crippen LogP) is 3.19. The molecule has 2 aromatic heterocycles. The second-order valence-corrected chi connectivity index (χ2v) is 4.34. The molecule has 3 aromatic rings. The van der Waals surface area contributed by atoms with Crippen molar-refractivity contribution in [3.63, 3.8) is 0 Å². The van der Waals surface area contributed by atoms with Crippen molar-refractivity contribution in [2.75, 3.05) is 5.73 Å². The zero-order valence-electron chi connectivity index (χ0n) is 10.1. The first-order valence-corrected chi connectivity index (χ1v) is 5.82. The lowest BCUT2D eigenvalue weighted by Crippen LogP contribution is -1.96. The van der Waals surface area contributed by atoms with E-state index in [9.17, 15) is 0 Å². The van der Waals surface area contributed by atoms with Gasteiger partial charge in [0.15, 0.2) is 5.65 Å². The van der Waals surface area contributed by atoms with Crippen LogP contribution in [0.3, 0.4) is 0 Å². The Kier molecular flexibility index (Phi) is 2.45. The SMILES string of the molecule is Cc1cccc(-c2cc3cccnc3nc2N)c1. The predicted molar refractivity (Wildman–Crippen MR) is 74.1 cm³/mol. The van der Waals surface area contributed by atoms with Crippen molar-refractivity contribution in [3.05, 3.63) is 54.2 Å². The van der Waals surface area contributed by atoms with E-state index in [2.05, 4.69) is 29.0 Å². The van der Waals surface area contributed by atoms with Crippen LogP contribution in [0.15, 0.2) is 48.7 Å². The first-order valence-electron chi connectivity index (χ1n) is 5.82. The van der Waals surface area contributed by atoms with E-state index in [0.717, 1.165) is 16.5 Å². The molecule has 0 atom stereocenters. The Labute approximate surface area is 105 Å². The van der Waals surface area contributed by atoms with Crippen LogP contribution in [-0.2, 0) is 0 Å². The maximum Gasteiger partial charge on any atom is 0.161 e. The first kappa shape index (κ1) is 10.7. The molecule has 0 aliphatic carbocycles. The normalized spacial score (nSPS) is 10.7. The van der Waals surface area contributed by atoms with Crippen molar-refractivity contribution < 1.29 is 0 Å². The van der Waals surface area contributed by atoms with Gasteiger partial charge < -0.3 is 5.73 Å². The number of hydrogen-bond acceptors (Lipinski definition) is 3. The Morgan fingerprint density at radius 3 is 2.78 bits per heavy atom. The van der Waals surface area contributed by atoms with E-state index in [1.54, 1.807) is 6.20 Å². The highest BCUT2D eigenvalue weighted by Gasteiger charge is 2.06. The average molecular weight is 235 g/mol. The third kappa shape index (κ3) is 1.80. The monoisotopic (exact) mass is 235 g/mol. The number of anilines is 1. The van der Waals surface area contributed by atoms with Gasteiger partial charge in [-0.3, -0.25) is 0 Å². The number of benzene rings is 1. The molecule has 0 saturated carbocycles. The molecule has 18 heavy (non-hydrogen) atoms. The Morgan fingerprint density at radius 1 is 1.06 bits per heavy atom. The van der Waals surface area contributed by atoms with Crippen molar-refractivity contribution in [2.24, 2.45) is 0 Å². The minimum atomic E-state index is 0.520. The van der Waals surface area contributed by atoms with Gasteiger partial charge >= 0.3 is 0 Å². The lowest BCUT2D eigenvalue weighted by Gasteiger charge is -2.07. The molecule has 0 unspecified atom stereocenters. The standard InChI is InChI=1S/C15H13N3/c1-10-4-2-5-11(8-10)13-9-12-6-3-7-17-15(12)18-14(13)16/h2-9H,1H3,(H2,16,17,18). The summed E-state index contributed by atoms with van der Waals surface area (Å²) in [7, 11) is 0. The summed E-state index contributed by atoms with van der Waals surface area (Å²) in [6, 6.07) is 14.2. The topological polar surface area (TPSA) is 51.8 Å². The van der Waals surface area contributed by atoms with Crippen molar-refractivity contribution in [2.45, 2.75) is 6.92 Å². The van der Waals surface area contributed by atoms with Crippen LogP contribution in [0, 0.1) is 6.92 Å². The second-order valence-electron chi connectivity index (χ2n) is 4.34. The van der Waals surface area contributed by atoms with E-state index >= 15 is 0 Å². The smallest absolute Gasteiger partial charge is 0.161 e. The van der Waals surface area contributed by atoms with Crippen molar-refractivity contribution >= 4 is 16.9 Å². The fourth-order valence-electron chi connectivity index (χ4n) is 2.06. The Morgan fingerprint density at radius 2 is 1.94 bits per heavy atom. The van der Waals surface area contributed by atoms with Gasteiger partial charge in [0, 0.05) is 17.1 Å². The maximum absolute atomic E-state index is 6.02. The summed E-state index contributed by atoms with van der Waals surface area (Å²) in [4.78, 5) is 8.55. The molecule has 0 spiro atoms. The molecule has 0 saturated heterocycles. The average Bonchev–Trinajstić information content (AvgIpc) is 2.38. The molecule has 88 valence electrons. The number of aromatic nitrogens is 2. The van der Waals surface area contributed by atoms with E-state index in [1.165, 1.54) is 5.56 Å². The first-order chi connectivity index (χ1) is 8.74. The molecule has 2 heterocycles. The summed E-state index contributed by atoms with van der Waals surface area (Å²) >= 11 is 0. The van der Waals surface area contributed by atoms with Gasteiger partial charge in [0.2, 0.25) is 0 Å². The largest absolute Gasteiger partial charge is 0.383 e. The van der Waals surface area contributed by atoms with Gasteiger partial charge in [-0.15, -0.1) is 0 Å². The summed E-state index contributed by atoms with van der Waals surface area (Å²) in [6.07, 6.45) is 1.72. The van der Waals surface area contributed by atoms with Crippen LogP contribution in [-0.4, -0.2) is 9.97 Å². The van der Waals surface area contributed by atoms with Crippen LogP contribution in [0.2, 0.25) is 0 Å².